The first-order chi connectivity index (χ1) is 10.9. The Hall–Kier alpha value is -2.24. The predicted octanol–water partition coefficient (Wildman–Crippen LogP) is -1.49. The summed E-state index contributed by atoms with van der Waals surface area (Å²) >= 11 is 0. The zero-order valence-corrected chi connectivity index (χ0v) is 12.2. The third kappa shape index (κ3) is 4.15. The van der Waals surface area contributed by atoms with Gasteiger partial charge in [0.15, 0.2) is 30.0 Å². The first kappa shape index (κ1) is 17.1. The number of rotatable bonds is 8. The number of hydrogen-bond acceptors (Lipinski definition) is 8. The second kappa shape index (κ2) is 6.89. The second-order valence-electron chi connectivity index (χ2n) is 4.18. The molecule has 0 bridgehead atoms. The van der Waals surface area contributed by atoms with Crippen molar-refractivity contribution in [3.05, 3.63) is 23.0 Å². The van der Waals surface area contributed by atoms with Crippen LogP contribution in [0.5, 0.6) is 0 Å². The monoisotopic (exact) mass is 346 g/mol. The van der Waals surface area contributed by atoms with Crippen LogP contribution in [0.15, 0.2) is 17.4 Å². The third-order valence-electron chi connectivity index (χ3n) is 2.63. The predicted molar refractivity (Wildman–Crippen MR) is 72.2 cm³/mol. The molecule has 2 rings (SSSR count). The van der Waals surface area contributed by atoms with Crippen LogP contribution in [0, 0.1) is 0 Å². The van der Waals surface area contributed by atoms with Crippen molar-refractivity contribution >= 4 is 31.6 Å². The lowest BCUT2D eigenvalue weighted by atomic mass is 10.4. The van der Waals surface area contributed by atoms with E-state index in [4.69, 9.17) is 14.5 Å². The number of fused-ring (bicyclic) bond motifs is 1. The number of H-pyrrole nitrogens is 1. The molecule has 0 aliphatic rings. The number of phosphoric acid groups is 1. The number of hydrogen-bond donors (Lipinski definition) is 3. The molecule has 0 radical (unpaired) electrons. The van der Waals surface area contributed by atoms with Crippen LogP contribution in [0.3, 0.4) is 0 Å². The Morgan fingerprint density at radius 1 is 1.35 bits per heavy atom. The van der Waals surface area contributed by atoms with Crippen LogP contribution < -0.4 is 5.56 Å². The van der Waals surface area contributed by atoms with Gasteiger partial charge in [0.2, 0.25) is 0 Å². The molecular weight excluding hydrogens is 335 g/mol. The molecule has 3 N–H and O–H groups in total. The van der Waals surface area contributed by atoms with Crippen LogP contribution in [0.4, 0.5) is 0 Å². The van der Waals surface area contributed by atoms with Gasteiger partial charge in [-0.3, -0.25) is 18.7 Å². The molecule has 0 fully saturated rings. The minimum atomic E-state index is -4.79. The summed E-state index contributed by atoms with van der Waals surface area (Å²) in [5.74, 6) is 0. The summed E-state index contributed by atoms with van der Waals surface area (Å²) in [6, 6.07) is 0. The van der Waals surface area contributed by atoms with E-state index in [1.165, 1.54) is 0 Å². The van der Waals surface area contributed by atoms with Crippen LogP contribution >= 0.6 is 7.82 Å². The van der Waals surface area contributed by atoms with Gasteiger partial charge in [-0.05, 0) is 0 Å². The smallest absolute Gasteiger partial charge is 0.338 e. The molecular formula is C10H11N4O8P. The Labute approximate surface area is 127 Å². The molecule has 0 aromatic carbocycles. The summed E-state index contributed by atoms with van der Waals surface area (Å²) in [4.78, 5) is 60.7. The fraction of sp³-hybridized carbons (Fsp3) is 0.300. The van der Waals surface area contributed by atoms with Gasteiger partial charge < -0.3 is 24.3 Å². The molecule has 23 heavy (non-hydrogen) atoms. The molecule has 0 amide bonds. The zero-order chi connectivity index (χ0) is 17.0. The number of phosphoric ester groups is 1. The zero-order valence-electron chi connectivity index (χ0n) is 11.3. The van der Waals surface area contributed by atoms with E-state index in [2.05, 4.69) is 19.5 Å². The maximum Gasteiger partial charge on any atom is 0.469 e. The Bertz CT molecular complexity index is 811. The van der Waals surface area contributed by atoms with Gasteiger partial charge in [-0.25, -0.2) is 14.5 Å². The summed E-state index contributed by atoms with van der Waals surface area (Å²) in [6.07, 6.45) is -0.109. The van der Waals surface area contributed by atoms with Gasteiger partial charge in [-0.1, -0.05) is 0 Å². The molecule has 0 aliphatic heterocycles. The van der Waals surface area contributed by atoms with E-state index in [-0.39, 0.29) is 17.5 Å². The van der Waals surface area contributed by atoms with Gasteiger partial charge in [0.25, 0.3) is 5.56 Å². The lowest BCUT2D eigenvalue weighted by Crippen LogP contribution is -2.27. The number of nitrogens with zero attached hydrogens (tertiary/aromatic N) is 3. The first-order valence-electron chi connectivity index (χ1n) is 6.02. The molecule has 2 aromatic rings. The van der Waals surface area contributed by atoms with Crippen molar-refractivity contribution in [1.82, 2.24) is 19.5 Å². The van der Waals surface area contributed by atoms with Gasteiger partial charge in [-0.15, -0.1) is 0 Å². The molecule has 124 valence electrons. The summed E-state index contributed by atoms with van der Waals surface area (Å²) in [5.41, 5.74) is -0.543. The van der Waals surface area contributed by atoms with Crippen LogP contribution in [-0.4, -0.2) is 54.6 Å². The van der Waals surface area contributed by atoms with Crippen molar-refractivity contribution in [3.63, 3.8) is 0 Å². The Morgan fingerprint density at radius 2 is 2.09 bits per heavy atom. The highest BCUT2D eigenvalue weighted by Crippen LogP contribution is 2.35. The number of carbonyl (C=O) groups excluding carboxylic acids is 2. The van der Waals surface area contributed by atoms with E-state index in [9.17, 15) is 18.9 Å². The number of ether oxygens (including phenoxy) is 1. The lowest BCUT2D eigenvalue weighted by molar-refractivity contribution is -0.139. The standard InChI is InChI=1S/C10H11N4O8P/c15-1-6(3-21-23(18,19)20)22-7(2-16)14-5-13-8-9(14)11-4-12-10(8)17/h1-2,4-7H,3H2,(H,11,12,17)(H2,18,19,20). The average molecular weight is 346 g/mol. The molecule has 0 saturated heterocycles. The molecule has 0 aliphatic carbocycles. The Kier molecular flexibility index (Phi) is 5.13. The van der Waals surface area contributed by atoms with E-state index in [0.29, 0.717) is 6.29 Å². The SMILES string of the molecule is O=CC(COP(=O)(O)O)OC(C=O)n1cnc2c(=O)[nH]cnc21. The van der Waals surface area contributed by atoms with Gasteiger partial charge >= 0.3 is 7.82 Å². The molecule has 2 atom stereocenters. The highest BCUT2D eigenvalue weighted by molar-refractivity contribution is 7.46. The van der Waals surface area contributed by atoms with Crippen LogP contribution in [-0.2, 0) is 23.4 Å². The Balaban J connectivity index is 2.22. The number of aromatic nitrogens is 4. The fourth-order valence-electron chi connectivity index (χ4n) is 1.67. The van der Waals surface area contributed by atoms with E-state index in [0.717, 1.165) is 17.2 Å². The van der Waals surface area contributed by atoms with Crippen molar-refractivity contribution in [1.29, 1.82) is 0 Å². The minimum absolute atomic E-state index is 0.0337. The number of nitrogens with one attached hydrogen (secondary N) is 1. The van der Waals surface area contributed by atoms with Gasteiger partial charge in [0, 0.05) is 0 Å². The summed E-state index contributed by atoms with van der Waals surface area (Å²) in [7, 11) is -4.79. The van der Waals surface area contributed by atoms with E-state index in [1.54, 1.807) is 0 Å². The topological polar surface area (TPSA) is 174 Å². The maximum atomic E-state index is 11.5. The average Bonchev–Trinajstić information content (AvgIpc) is 2.92. The lowest BCUT2D eigenvalue weighted by Gasteiger charge is -2.18. The van der Waals surface area contributed by atoms with Crippen LogP contribution in [0.2, 0.25) is 0 Å². The number of aromatic amines is 1. The summed E-state index contributed by atoms with van der Waals surface area (Å²) < 4.78 is 21.0. The third-order valence-corrected chi connectivity index (χ3v) is 3.11. The second-order valence-corrected chi connectivity index (χ2v) is 5.42. The van der Waals surface area contributed by atoms with Crippen molar-refractivity contribution in [2.24, 2.45) is 0 Å². The van der Waals surface area contributed by atoms with E-state index < -0.39 is 32.3 Å². The number of aldehydes is 2. The molecule has 2 unspecified atom stereocenters. The van der Waals surface area contributed by atoms with Crippen molar-refractivity contribution < 1.29 is 33.2 Å². The van der Waals surface area contributed by atoms with Gasteiger partial charge in [-0.2, -0.15) is 0 Å². The van der Waals surface area contributed by atoms with Crippen LogP contribution in [0.25, 0.3) is 11.2 Å². The largest absolute Gasteiger partial charge is 0.469 e. The van der Waals surface area contributed by atoms with E-state index >= 15 is 0 Å². The molecule has 2 aromatic heterocycles. The van der Waals surface area contributed by atoms with Crippen LogP contribution in [0.1, 0.15) is 6.23 Å². The van der Waals surface area contributed by atoms with Gasteiger partial charge in [0.1, 0.15) is 6.10 Å². The van der Waals surface area contributed by atoms with Crippen molar-refractivity contribution in [3.8, 4) is 0 Å². The van der Waals surface area contributed by atoms with Crippen molar-refractivity contribution in [2.75, 3.05) is 6.61 Å². The summed E-state index contributed by atoms with van der Waals surface area (Å²) in [6.45, 7) is -0.765. The normalized spacial score (nSPS) is 14.5. The molecule has 13 heteroatoms. The highest BCUT2D eigenvalue weighted by atomic mass is 31.2. The first-order valence-corrected chi connectivity index (χ1v) is 7.55. The summed E-state index contributed by atoms with van der Waals surface area (Å²) in [5, 5.41) is 0. The maximum absolute atomic E-state index is 11.5. The molecule has 12 nitrogen and oxygen atoms in total. The highest BCUT2D eigenvalue weighted by Gasteiger charge is 2.23. The molecule has 0 spiro atoms. The Morgan fingerprint density at radius 3 is 2.70 bits per heavy atom. The van der Waals surface area contributed by atoms with Crippen molar-refractivity contribution in [2.45, 2.75) is 12.3 Å². The number of carbonyl (C=O) groups is 2. The fourth-order valence-corrected chi connectivity index (χ4v) is 2.01. The quantitative estimate of drug-likeness (QED) is 0.377. The number of imidazole rings is 1. The molecule has 2 heterocycles. The minimum Gasteiger partial charge on any atom is -0.338 e. The molecule has 0 saturated carbocycles. The van der Waals surface area contributed by atoms with E-state index in [1.807, 2.05) is 0 Å². The van der Waals surface area contributed by atoms with Gasteiger partial charge in [0.05, 0.1) is 19.3 Å².